The number of halogens is 1. The topological polar surface area (TPSA) is 95.6 Å². The van der Waals surface area contributed by atoms with Gasteiger partial charge in [0.05, 0.1) is 5.75 Å². The Balaban J connectivity index is 1.49. The lowest BCUT2D eigenvalue weighted by atomic mass is 10.1. The molecule has 0 bridgehead atoms. The van der Waals surface area contributed by atoms with E-state index in [2.05, 4.69) is 20.3 Å². The van der Waals surface area contributed by atoms with Crippen molar-refractivity contribution in [3.8, 4) is 22.8 Å². The molecule has 2 N–H and O–H groups in total. The molecule has 0 spiro atoms. The fourth-order valence-corrected chi connectivity index (χ4v) is 3.36. The highest BCUT2D eigenvalue weighted by molar-refractivity contribution is 7.98. The SMILES string of the molecule is Cc1ccccc1-c1nnc(SCc2nc(-c3ccc(Cl)cc3)no2)n1N. The third kappa shape index (κ3) is 3.67. The lowest BCUT2D eigenvalue weighted by Gasteiger charge is -2.05. The third-order valence-electron chi connectivity index (χ3n) is 3.95. The van der Waals surface area contributed by atoms with Gasteiger partial charge in [-0.1, -0.05) is 52.8 Å². The fraction of sp³-hybridized carbons (Fsp3) is 0.111. The molecule has 27 heavy (non-hydrogen) atoms. The second kappa shape index (κ2) is 7.42. The molecule has 4 aromatic rings. The molecule has 2 aromatic carbocycles. The van der Waals surface area contributed by atoms with Crippen LogP contribution in [-0.2, 0) is 5.75 Å². The van der Waals surface area contributed by atoms with Gasteiger partial charge in [0.15, 0.2) is 5.82 Å². The molecule has 0 fully saturated rings. The molecule has 0 aliphatic carbocycles. The maximum absolute atomic E-state index is 6.17. The van der Waals surface area contributed by atoms with E-state index in [9.17, 15) is 0 Å². The molecule has 0 aliphatic heterocycles. The second-order valence-corrected chi connectivity index (χ2v) is 7.18. The van der Waals surface area contributed by atoms with E-state index in [1.54, 1.807) is 12.1 Å². The van der Waals surface area contributed by atoms with Gasteiger partial charge in [-0.3, -0.25) is 0 Å². The minimum Gasteiger partial charge on any atom is -0.338 e. The fourth-order valence-electron chi connectivity index (χ4n) is 2.54. The van der Waals surface area contributed by atoms with Crippen LogP contribution in [0.4, 0.5) is 0 Å². The summed E-state index contributed by atoms with van der Waals surface area (Å²) in [5, 5.41) is 13.6. The summed E-state index contributed by atoms with van der Waals surface area (Å²) < 4.78 is 6.78. The number of rotatable bonds is 5. The lowest BCUT2D eigenvalue weighted by molar-refractivity contribution is 0.391. The zero-order chi connectivity index (χ0) is 18.8. The van der Waals surface area contributed by atoms with Crippen LogP contribution in [0.1, 0.15) is 11.5 Å². The van der Waals surface area contributed by atoms with E-state index in [-0.39, 0.29) is 0 Å². The Morgan fingerprint density at radius 1 is 1.11 bits per heavy atom. The largest absolute Gasteiger partial charge is 0.338 e. The van der Waals surface area contributed by atoms with Crippen molar-refractivity contribution in [1.29, 1.82) is 0 Å². The van der Waals surface area contributed by atoms with Gasteiger partial charge >= 0.3 is 0 Å². The van der Waals surface area contributed by atoms with Gasteiger partial charge in [0.2, 0.25) is 16.9 Å². The zero-order valence-corrected chi connectivity index (χ0v) is 15.9. The van der Waals surface area contributed by atoms with Crippen molar-refractivity contribution in [1.82, 2.24) is 25.0 Å². The molecule has 0 saturated heterocycles. The van der Waals surface area contributed by atoms with Crippen LogP contribution in [0.15, 0.2) is 58.2 Å². The van der Waals surface area contributed by atoms with Crippen LogP contribution in [0.5, 0.6) is 0 Å². The van der Waals surface area contributed by atoms with Crippen LogP contribution in [0.3, 0.4) is 0 Å². The quantitative estimate of drug-likeness (QED) is 0.401. The van der Waals surface area contributed by atoms with Gasteiger partial charge in [-0.15, -0.1) is 10.2 Å². The molecule has 0 radical (unpaired) electrons. The molecule has 2 aromatic heterocycles. The first-order chi connectivity index (χ1) is 13.1. The standard InChI is InChI=1S/C18H15ClN6OS/c1-11-4-2-3-5-14(11)17-22-23-18(25(17)20)27-10-15-21-16(24-26-15)12-6-8-13(19)9-7-12/h2-9H,10,20H2,1H3. The summed E-state index contributed by atoms with van der Waals surface area (Å²) >= 11 is 7.28. The Hall–Kier alpha value is -2.84. The minimum atomic E-state index is 0.434. The second-order valence-electron chi connectivity index (χ2n) is 5.80. The van der Waals surface area contributed by atoms with E-state index in [0.717, 1.165) is 16.7 Å². The molecule has 7 nitrogen and oxygen atoms in total. The number of benzene rings is 2. The van der Waals surface area contributed by atoms with Crippen molar-refractivity contribution in [2.45, 2.75) is 17.8 Å². The van der Waals surface area contributed by atoms with Gasteiger partial charge < -0.3 is 10.4 Å². The molecule has 0 unspecified atom stereocenters. The van der Waals surface area contributed by atoms with E-state index >= 15 is 0 Å². The Kier molecular flexibility index (Phi) is 4.83. The van der Waals surface area contributed by atoms with Gasteiger partial charge in [0.1, 0.15) is 0 Å². The molecule has 0 aliphatic rings. The van der Waals surface area contributed by atoms with Crippen molar-refractivity contribution in [2.75, 3.05) is 5.84 Å². The van der Waals surface area contributed by atoms with Gasteiger partial charge in [0.25, 0.3) is 0 Å². The van der Waals surface area contributed by atoms with E-state index in [4.69, 9.17) is 22.0 Å². The molecular formula is C18H15ClN6OS. The van der Waals surface area contributed by atoms with Crippen LogP contribution < -0.4 is 5.84 Å². The first kappa shape index (κ1) is 17.6. The lowest BCUT2D eigenvalue weighted by Crippen LogP contribution is -2.12. The predicted octanol–water partition coefficient (Wildman–Crippen LogP) is 3.96. The summed E-state index contributed by atoms with van der Waals surface area (Å²) in [5.74, 6) is 8.21. The Morgan fingerprint density at radius 3 is 2.67 bits per heavy atom. The molecule has 9 heteroatoms. The number of hydrogen-bond acceptors (Lipinski definition) is 7. The number of nitrogens with zero attached hydrogens (tertiary/aromatic N) is 5. The molecule has 136 valence electrons. The van der Waals surface area contributed by atoms with Crippen LogP contribution in [0.25, 0.3) is 22.8 Å². The summed E-state index contributed by atoms with van der Waals surface area (Å²) in [7, 11) is 0. The van der Waals surface area contributed by atoms with Crippen molar-refractivity contribution >= 4 is 23.4 Å². The summed E-state index contributed by atoms with van der Waals surface area (Å²) in [4.78, 5) is 4.39. The number of aryl methyl sites for hydroxylation is 1. The smallest absolute Gasteiger partial charge is 0.237 e. The Labute approximate surface area is 164 Å². The van der Waals surface area contributed by atoms with Gasteiger partial charge in [-0.05, 0) is 36.8 Å². The van der Waals surface area contributed by atoms with Crippen LogP contribution in [0.2, 0.25) is 5.02 Å². The predicted molar refractivity (Wildman–Crippen MR) is 105 cm³/mol. The van der Waals surface area contributed by atoms with E-state index in [1.807, 2.05) is 43.3 Å². The van der Waals surface area contributed by atoms with Crippen molar-refractivity contribution < 1.29 is 4.52 Å². The van der Waals surface area contributed by atoms with E-state index in [0.29, 0.717) is 33.5 Å². The molecular weight excluding hydrogens is 384 g/mol. The zero-order valence-electron chi connectivity index (χ0n) is 14.3. The minimum absolute atomic E-state index is 0.434. The summed E-state index contributed by atoms with van der Waals surface area (Å²) in [6.07, 6.45) is 0. The van der Waals surface area contributed by atoms with E-state index in [1.165, 1.54) is 16.4 Å². The first-order valence-corrected chi connectivity index (χ1v) is 9.46. The highest BCUT2D eigenvalue weighted by Crippen LogP contribution is 2.26. The van der Waals surface area contributed by atoms with Crippen LogP contribution in [0, 0.1) is 6.92 Å². The monoisotopic (exact) mass is 398 g/mol. The Morgan fingerprint density at radius 2 is 1.89 bits per heavy atom. The van der Waals surface area contributed by atoms with E-state index < -0.39 is 0 Å². The van der Waals surface area contributed by atoms with Crippen LogP contribution >= 0.6 is 23.4 Å². The van der Waals surface area contributed by atoms with Gasteiger partial charge in [0, 0.05) is 16.1 Å². The number of hydrogen-bond donors (Lipinski definition) is 1. The molecule has 2 heterocycles. The Bertz CT molecular complexity index is 1080. The summed E-state index contributed by atoms with van der Waals surface area (Å²) in [6, 6.07) is 15.1. The van der Waals surface area contributed by atoms with Crippen molar-refractivity contribution in [3.63, 3.8) is 0 Å². The number of nitrogen functional groups attached to an aromatic ring is 1. The third-order valence-corrected chi connectivity index (χ3v) is 5.13. The highest BCUT2D eigenvalue weighted by atomic mass is 35.5. The molecule has 0 atom stereocenters. The molecule has 0 amide bonds. The highest BCUT2D eigenvalue weighted by Gasteiger charge is 2.15. The number of aromatic nitrogens is 5. The number of thioether (sulfide) groups is 1. The molecule has 4 rings (SSSR count). The van der Waals surface area contributed by atoms with Crippen molar-refractivity contribution in [2.24, 2.45) is 0 Å². The maximum atomic E-state index is 6.17. The van der Waals surface area contributed by atoms with Crippen LogP contribution in [-0.4, -0.2) is 25.0 Å². The van der Waals surface area contributed by atoms with Gasteiger partial charge in [-0.25, -0.2) is 4.68 Å². The summed E-state index contributed by atoms with van der Waals surface area (Å²) in [5.41, 5.74) is 2.86. The molecule has 0 saturated carbocycles. The van der Waals surface area contributed by atoms with Crippen molar-refractivity contribution in [3.05, 3.63) is 65.0 Å². The maximum Gasteiger partial charge on any atom is 0.237 e. The number of nitrogens with two attached hydrogens (primary N) is 1. The normalized spacial score (nSPS) is 11.0. The van der Waals surface area contributed by atoms with Gasteiger partial charge in [-0.2, -0.15) is 4.98 Å². The first-order valence-electron chi connectivity index (χ1n) is 8.09. The summed E-state index contributed by atoms with van der Waals surface area (Å²) in [6.45, 7) is 2.01. The average Bonchev–Trinajstić information content (AvgIpc) is 3.28. The average molecular weight is 399 g/mol.